The molecule has 0 bridgehead atoms. The molecule has 1 aromatic carbocycles. The number of nitrogens with one attached hydrogen (secondary N) is 2. The molecule has 0 spiro atoms. The minimum absolute atomic E-state index is 0.194. The molecule has 2 aromatic heterocycles. The quantitative estimate of drug-likeness (QED) is 0.593. The van der Waals surface area contributed by atoms with E-state index < -0.39 is 0 Å². The molecule has 1 amide bonds. The van der Waals surface area contributed by atoms with Crippen molar-refractivity contribution in [2.24, 2.45) is 5.92 Å². The number of carbonyl (C=O) groups excluding carboxylic acids is 1. The van der Waals surface area contributed by atoms with Crippen LogP contribution in [0.15, 0.2) is 47.4 Å². The summed E-state index contributed by atoms with van der Waals surface area (Å²) in [5.41, 5.74) is 1.76. The van der Waals surface area contributed by atoms with Gasteiger partial charge in [-0.05, 0) is 37.3 Å². The smallest absolute Gasteiger partial charge is 0.263 e. The summed E-state index contributed by atoms with van der Waals surface area (Å²) in [6, 6.07) is 11.5. The van der Waals surface area contributed by atoms with Crippen LogP contribution in [0.5, 0.6) is 5.75 Å². The summed E-state index contributed by atoms with van der Waals surface area (Å²) >= 11 is 1.22. The molecule has 1 aliphatic carbocycles. The highest BCUT2D eigenvalue weighted by molar-refractivity contribution is 7.17. The molecule has 1 aliphatic rings. The minimum Gasteiger partial charge on any atom is -0.492 e. The number of hydrogen-bond acceptors (Lipinski definition) is 5. The molecular weight excluding hydrogens is 398 g/mol. The third-order valence-electron chi connectivity index (χ3n) is 5.38. The summed E-state index contributed by atoms with van der Waals surface area (Å²) < 4.78 is 6.02. The highest BCUT2D eigenvalue weighted by atomic mass is 32.1. The number of aromatic nitrogens is 2. The number of amides is 1. The largest absolute Gasteiger partial charge is 0.492 e. The van der Waals surface area contributed by atoms with Crippen LogP contribution in [0, 0.1) is 12.8 Å². The van der Waals surface area contributed by atoms with Gasteiger partial charge in [0.2, 0.25) is 0 Å². The third kappa shape index (κ3) is 4.62. The zero-order valence-electron chi connectivity index (χ0n) is 16.9. The Morgan fingerprint density at radius 3 is 2.77 bits per heavy atom. The average Bonchev–Trinajstić information content (AvgIpc) is 3.41. The Labute approximate surface area is 179 Å². The molecule has 0 radical (unpaired) electrons. The van der Waals surface area contributed by atoms with E-state index in [0.717, 1.165) is 5.56 Å². The van der Waals surface area contributed by atoms with Crippen molar-refractivity contribution in [3.63, 3.8) is 0 Å². The zero-order valence-corrected chi connectivity index (χ0v) is 17.8. The van der Waals surface area contributed by atoms with E-state index >= 15 is 0 Å². The number of aryl methyl sites for hydroxylation is 1. The van der Waals surface area contributed by atoms with Crippen molar-refractivity contribution in [2.45, 2.75) is 39.2 Å². The van der Waals surface area contributed by atoms with Gasteiger partial charge in [0.05, 0.1) is 12.3 Å². The van der Waals surface area contributed by atoms with E-state index in [2.05, 4.69) is 15.3 Å². The van der Waals surface area contributed by atoms with Crippen molar-refractivity contribution in [3.05, 3.63) is 69.1 Å². The van der Waals surface area contributed by atoms with Crippen LogP contribution in [0.3, 0.4) is 0 Å². The Hall–Kier alpha value is -2.93. The Morgan fingerprint density at radius 1 is 1.23 bits per heavy atom. The van der Waals surface area contributed by atoms with Crippen LogP contribution >= 0.6 is 11.3 Å². The predicted octanol–water partition coefficient (Wildman–Crippen LogP) is 4.31. The molecule has 2 N–H and O–H groups in total. The molecule has 0 unspecified atom stereocenters. The maximum Gasteiger partial charge on any atom is 0.263 e. The number of carbonyl (C=O) groups is 1. The molecule has 30 heavy (non-hydrogen) atoms. The molecule has 1 fully saturated rings. The minimum atomic E-state index is -0.260. The summed E-state index contributed by atoms with van der Waals surface area (Å²) in [5.74, 6) is 0.867. The number of rotatable bonds is 7. The molecular formula is C23H25N3O3S. The summed E-state index contributed by atoms with van der Waals surface area (Å²) in [7, 11) is 0. The highest BCUT2D eigenvalue weighted by Gasteiger charge is 2.22. The van der Waals surface area contributed by atoms with E-state index in [-0.39, 0.29) is 11.5 Å². The van der Waals surface area contributed by atoms with Crippen molar-refractivity contribution >= 4 is 17.2 Å². The Bertz CT molecular complexity index is 1070. The van der Waals surface area contributed by atoms with Crippen LogP contribution in [0.4, 0.5) is 0 Å². The lowest BCUT2D eigenvalue weighted by molar-refractivity contribution is 0.0954. The van der Waals surface area contributed by atoms with Gasteiger partial charge in [-0.25, -0.2) is 4.98 Å². The number of hydrogen-bond donors (Lipinski definition) is 2. The van der Waals surface area contributed by atoms with Crippen LogP contribution in [0.2, 0.25) is 0 Å². The maximum absolute atomic E-state index is 12.7. The van der Waals surface area contributed by atoms with Gasteiger partial charge < -0.3 is 15.0 Å². The standard InChI is InChI=1S/C23H25N3O3S/c1-15-20(22(28)25-13-16-7-3-2-4-8-16)30-23(26-15)19-18(11-12-24-21(19)27)29-14-17-9-5-6-10-17/h2-4,7-8,11-12,17H,5-6,9-10,13-14H2,1H3,(H,24,27)(H,25,28). The van der Waals surface area contributed by atoms with E-state index in [1.807, 2.05) is 30.3 Å². The molecule has 0 aliphatic heterocycles. The molecule has 0 saturated heterocycles. The molecule has 6 nitrogen and oxygen atoms in total. The molecule has 1 saturated carbocycles. The zero-order chi connectivity index (χ0) is 20.9. The fourth-order valence-electron chi connectivity index (χ4n) is 3.74. The number of benzene rings is 1. The number of nitrogens with zero attached hydrogens (tertiary/aromatic N) is 1. The van der Waals surface area contributed by atoms with Crippen LogP contribution in [-0.2, 0) is 6.54 Å². The fraction of sp³-hybridized carbons (Fsp3) is 0.348. The Kier molecular flexibility index (Phi) is 6.28. The second-order valence-electron chi connectivity index (χ2n) is 7.61. The lowest BCUT2D eigenvalue weighted by Gasteiger charge is -2.13. The van der Waals surface area contributed by atoms with Gasteiger partial charge >= 0.3 is 0 Å². The van der Waals surface area contributed by atoms with E-state index in [1.54, 1.807) is 19.2 Å². The van der Waals surface area contributed by atoms with Gasteiger partial charge in [0, 0.05) is 12.7 Å². The van der Waals surface area contributed by atoms with Crippen molar-refractivity contribution in [2.75, 3.05) is 6.61 Å². The highest BCUT2D eigenvalue weighted by Crippen LogP contribution is 2.33. The van der Waals surface area contributed by atoms with Crippen molar-refractivity contribution < 1.29 is 9.53 Å². The SMILES string of the molecule is Cc1nc(-c2c(OCC3CCCC3)cc[nH]c2=O)sc1C(=O)NCc1ccccc1. The van der Waals surface area contributed by atoms with Gasteiger partial charge in [-0.1, -0.05) is 43.2 Å². The van der Waals surface area contributed by atoms with Crippen LogP contribution in [-0.4, -0.2) is 22.5 Å². The van der Waals surface area contributed by atoms with Crippen molar-refractivity contribution in [1.82, 2.24) is 15.3 Å². The van der Waals surface area contributed by atoms with E-state index in [1.165, 1.54) is 37.0 Å². The second kappa shape index (κ2) is 9.26. The summed E-state index contributed by atoms with van der Waals surface area (Å²) in [4.78, 5) is 33.0. The average molecular weight is 424 g/mol. The van der Waals surface area contributed by atoms with Gasteiger partial charge in [-0.15, -0.1) is 11.3 Å². The van der Waals surface area contributed by atoms with Gasteiger partial charge in [-0.3, -0.25) is 9.59 Å². The van der Waals surface area contributed by atoms with Crippen molar-refractivity contribution in [3.8, 4) is 16.3 Å². The number of ether oxygens (including phenoxy) is 1. The van der Waals surface area contributed by atoms with Gasteiger partial charge in [0.25, 0.3) is 11.5 Å². The topological polar surface area (TPSA) is 84.1 Å². The van der Waals surface area contributed by atoms with E-state index in [9.17, 15) is 9.59 Å². The van der Waals surface area contributed by atoms with E-state index in [0.29, 0.717) is 46.0 Å². The first-order chi connectivity index (χ1) is 14.6. The normalized spacial score (nSPS) is 14.0. The Morgan fingerprint density at radius 2 is 2.00 bits per heavy atom. The van der Waals surface area contributed by atoms with Gasteiger partial charge in [0.15, 0.2) is 0 Å². The molecule has 2 heterocycles. The number of aromatic amines is 1. The van der Waals surface area contributed by atoms with Crippen LogP contribution in [0.1, 0.15) is 46.6 Å². The Balaban J connectivity index is 1.53. The fourth-order valence-corrected chi connectivity index (χ4v) is 4.77. The number of pyridine rings is 1. The number of H-pyrrole nitrogens is 1. The first-order valence-corrected chi connectivity index (χ1v) is 11.1. The predicted molar refractivity (Wildman–Crippen MR) is 118 cm³/mol. The summed E-state index contributed by atoms with van der Waals surface area (Å²) in [6.07, 6.45) is 6.40. The monoisotopic (exact) mass is 423 g/mol. The maximum atomic E-state index is 12.7. The van der Waals surface area contributed by atoms with Gasteiger partial charge in [0.1, 0.15) is 21.2 Å². The van der Waals surface area contributed by atoms with Gasteiger partial charge in [-0.2, -0.15) is 0 Å². The molecule has 0 atom stereocenters. The molecule has 4 rings (SSSR count). The second-order valence-corrected chi connectivity index (χ2v) is 8.61. The first-order valence-electron chi connectivity index (χ1n) is 10.3. The number of thiazole rings is 1. The first kappa shape index (κ1) is 20.3. The third-order valence-corrected chi connectivity index (χ3v) is 6.56. The lowest BCUT2D eigenvalue weighted by atomic mass is 10.1. The van der Waals surface area contributed by atoms with E-state index in [4.69, 9.17) is 4.74 Å². The molecule has 7 heteroatoms. The molecule has 3 aromatic rings. The van der Waals surface area contributed by atoms with Crippen LogP contribution in [0.25, 0.3) is 10.6 Å². The lowest BCUT2D eigenvalue weighted by Crippen LogP contribution is -2.22. The van der Waals surface area contributed by atoms with Crippen LogP contribution < -0.4 is 15.6 Å². The summed E-state index contributed by atoms with van der Waals surface area (Å²) in [5, 5.41) is 3.43. The molecule has 156 valence electrons. The summed E-state index contributed by atoms with van der Waals surface area (Å²) in [6.45, 7) is 2.83. The van der Waals surface area contributed by atoms with Crippen molar-refractivity contribution in [1.29, 1.82) is 0 Å².